The standard InChI is InChI=1S/C13H18ClNO/c1-13(16)5-7-15(8-6-13)10-11-3-2-4-12(14)9-11/h2-4,9,16H,5-8,10H2,1H3. The van der Waals surface area contributed by atoms with Crippen LogP contribution < -0.4 is 0 Å². The summed E-state index contributed by atoms with van der Waals surface area (Å²) in [4.78, 5) is 2.36. The second-order valence-electron chi connectivity index (χ2n) is 4.90. The Labute approximate surface area is 102 Å². The maximum atomic E-state index is 9.85. The van der Waals surface area contributed by atoms with Crippen LogP contribution in [0.5, 0.6) is 0 Å². The van der Waals surface area contributed by atoms with Crippen LogP contribution in [-0.4, -0.2) is 28.7 Å². The SMILES string of the molecule is CC1(O)CCN(Cc2cccc(Cl)c2)CC1. The number of rotatable bonds is 2. The zero-order valence-electron chi connectivity index (χ0n) is 9.62. The highest BCUT2D eigenvalue weighted by molar-refractivity contribution is 6.30. The summed E-state index contributed by atoms with van der Waals surface area (Å²) in [7, 11) is 0. The Morgan fingerprint density at radius 2 is 2.06 bits per heavy atom. The molecule has 0 amide bonds. The van der Waals surface area contributed by atoms with Crippen LogP contribution in [-0.2, 0) is 6.54 Å². The van der Waals surface area contributed by atoms with Gasteiger partial charge < -0.3 is 5.11 Å². The van der Waals surface area contributed by atoms with Crippen molar-refractivity contribution in [1.82, 2.24) is 4.90 Å². The molecule has 0 spiro atoms. The van der Waals surface area contributed by atoms with Crippen molar-refractivity contribution in [3.8, 4) is 0 Å². The monoisotopic (exact) mass is 239 g/mol. The Kier molecular flexibility index (Phi) is 3.53. The first-order chi connectivity index (χ1) is 7.55. The quantitative estimate of drug-likeness (QED) is 0.858. The predicted molar refractivity (Wildman–Crippen MR) is 66.6 cm³/mol. The smallest absolute Gasteiger partial charge is 0.0644 e. The van der Waals surface area contributed by atoms with Gasteiger partial charge in [-0.05, 0) is 37.5 Å². The second-order valence-corrected chi connectivity index (χ2v) is 5.34. The van der Waals surface area contributed by atoms with Gasteiger partial charge in [0.25, 0.3) is 0 Å². The van der Waals surface area contributed by atoms with Gasteiger partial charge in [0, 0.05) is 24.7 Å². The molecular weight excluding hydrogens is 222 g/mol. The highest BCUT2D eigenvalue weighted by atomic mass is 35.5. The lowest BCUT2D eigenvalue weighted by atomic mass is 9.93. The first-order valence-corrected chi connectivity index (χ1v) is 6.12. The van der Waals surface area contributed by atoms with E-state index in [2.05, 4.69) is 11.0 Å². The van der Waals surface area contributed by atoms with Gasteiger partial charge in [-0.25, -0.2) is 0 Å². The average Bonchev–Trinajstić information content (AvgIpc) is 2.21. The molecule has 16 heavy (non-hydrogen) atoms. The summed E-state index contributed by atoms with van der Waals surface area (Å²) < 4.78 is 0. The molecule has 0 atom stereocenters. The van der Waals surface area contributed by atoms with Crippen molar-refractivity contribution in [1.29, 1.82) is 0 Å². The van der Waals surface area contributed by atoms with E-state index in [1.54, 1.807) is 0 Å². The lowest BCUT2D eigenvalue weighted by molar-refractivity contribution is -0.00729. The molecule has 0 radical (unpaired) electrons. The van der Waals surface area contributed by atoms with Crippen LogP contribution in [0, 0.1) is 0 Å². The van der Waals surface area contributed by atoms with E-state index in [0.717, 1.165) is 37.5 Å². The van der Waals surface area contributed by atoms with Crippen molar-refractivity contribution < 1.29 is 5.11 Å². The van der Waals surface area contributed by atoms with Gasteiger partial charge in [0.15, 0.2) is 0 Å². The third kappa shape index (κ3) is 3.21. The number of piperidine rings is 1. The summed E-state index contributed by atoms with van der Waals surface area (Å²) in [6, 6.07) is 7.98. The second kappa shape index (κ2) is 4.74. The first-order valence-electron chi connectivity index (χ1n) is 5.74. The van der Waals surface area contributed by atoms with Gasteiger partial charge >= 0.3 is 0 Å². The van der Waals surface area contributed by atoms with E-state index in [4.69, 9.17) is 11.6 Å². The predicted octanol–water partition coefficient (Wildman–Crippen LogP) is 2.69. The largest absolute Gasteiger partial charge is 0.390 e. The fourth-order valence-electron chi connectivity index (χ4n) is 2.09. The summed E-state index contributed by atoms with van der Waals surface area (Å²) in [5, 5.41) is 10.6. The number of halogens is 1. The van der Waals surface area contributed by atoms with E-state index in [0.29, 0.717) is 0 Å². The van der Waals surface area contributed by atoms with E-state index >= 15 is 0 Å². The third-order valence-electron chi connectivity index (χ3n) is 3.23. The average molecular weight is 240 g/mol. The summed E-state index contributed by atoms with van der Waals surface area (Å²) in [5.74, 6) is 0. The Morgan fingerprint density at radius 1 is 1.38 bits per heavy atom. The summed E-state index contributed by atoms with van der Waals surface area (Å²) >= 11 is 5.95. The van der Waals surface area contributed by atoms with Gasteiger partial charge in [-0.15, -0.1) is 0 Å². The molecule has 0 aromatic heterocycles. The summed E-state index contributed by atoms with van der Waals surface area (Å²) in [5.41, 5.74) is 0.777. The van der Waals surface area contributed by atoms with Gasteiger partial charge in [-0.1, -0.05) is 23.7 Å². The number of aliphatic hydroxyl groups is 1. The van der Waals surface area contributed by atoms with Crippen molar-refractivity contribution in [3.63, 3.8) is 0 Å². The fourth-order valence-corrected chi connectivity index (χ4v) is 2.30. The van der Waals surface area contributed by atoms with Crippen molar-refractivity contribution in [2.75, 3.05) is 13.1 Å². The molecule has 0 saturated carbocycles. The van der Waals surface area contributed by atoms with Gasteiger partial charge in [-0.3, -0.25) is 4.90 Å². The number of hydrogen-bond donors (Lipinski definition) is 1. The number of nitrogens with zero attached hydrogens (tertiary/aromatic N) is 1. The maximum Gasteiger partial charge on any atom is 0.0644 e. The van der Waals surface area contributed by atoms with Gasteiger partial charge in [-0.2, -0.15) is 0 Å². The van der Waals surface area contributed by atoms with E-state index in [1.807, 2.05) is 25.1 Å². The molecule has 0 unspecified atom stereocenters. The number of likely N-dealkylation sites (tertiary alicyclic amines) is 1. The van der Waals surface area contributed by atoms with Crippen LogP contribution in [0.2, 0.25) is 5.02 Å². The van der Waals surface area contributed by atoms with Crippen LogP contribution in [0.4, 0.5) is 0 Å². The molecule has 0 aliphatic carbocycles. The zero-order chi connectivity index (χ0) is 11.6. The molecule has 1 aliphatic heterocycles. The highest BCUT2D eigenvalue weighted by Gasteiger charge is 2.26. The van der Waals surface area contributed by atoms with E-state index in [-0.39, 0.29) is 0 Å². The van der Waals surface area contributed by atoms with Crippen LogP contribution in [0.15, 0.2) is 24.3 Å². The minimum Gasteiger partial charge on any atom is -0.390 e. The van der Waals surface area contributed by atoms with Crippen LogP contribution >= 0.6 is 11.6 Å². The summed E-state index contributed by atoms with van der Waals surface area (Å²) in [6.07, 6.45) is 1.71. The molecule has 0 bridgehead atoms. The third-order valence-corrected chi connectivity index (χ3v) is 3.46. The minimum absolute atomic E-state index is 0.467. The topological polar surface area (TPSA) is 23.5 Å². The number of benzene rings is 1. The highest BCUT2D eigenvalue weighted by Crippen LogP contribution is 2.22. The van der Waals surface area contributed by atoms with Crippen LogP contribution in [0.25, 0.3) is 0 Å². The first kappa shape index (κ1) is 11.9. The molecule has 2 rings (SSSR count). The van der Waals surface area contributed by atoms with Gasteiger partial charge in [0.2, 0.25) is 0 Å². The van der Waals surface area contributed by atoms with Crippen molar-refractivity contribution in [2.45, 2.75) is 31.9 Å². The molecule has 3 heteroatoms. The van der Waals surface area contributed by atoms with Gasteiger partial charge in [0.05, 0.1) is 5.60 Å². The Balaban J connectivity index is 1.92. The molecule has 1 aromatic carbocycles. The van der Waals surface area contributed by atoms with Gasteiger partial charge in [0.1, 0.15) is 0 Å². The number of hydrogen-bond acceptors (Lipinski definition) is 2. The maximum absolute atomic E-state index is 9.85. The molecule has 2 nitrogen and oxygen atoms in total. The van der Waals surface area contributed by atoms with Crippen LogP contribution in [0.1, 0.15) is 25.3 Å². The molecule has 1 heterocycles. The molecule has 1 fully saturated rings. The van der Waals surface area contributed by atoms with E-state index in [9.17, 15) is 5.11 Å². The molecule has 1 aliphatic rings. The van der Waals surface area contributed by atoms with Crippen molar-refractivity contribution in [2.24, 2.45) is 0 Å². The zero-order valence-corrected chi connectivity index (χ0v) is 10.4. The summed E-state index contributed by atoms with van der Waals surface area (Å²) in [6.45, 7) is 4.76. The fraction of sp³-hybridized carbons (Fsp3) is 0.538. The van der Waals surface area contributed by atoms with E-state index in [1.165, 1.54) is 5.56 Å². The molecule has 1 aromatic rings. The molecule has 1 N–H and O–H groups in total. The molecule has 1 saturated heterocycles. The lowest BCUT2D eigenvalue weighted by Crippen LogP contribution is -2.41. The Morgan fingerprint density at radius 3 is 2.69 bits per heavy atom. The van der Waals surface area contributed by atoms with Crippen molar-refractivity contribution >= 4 is 11.6 Å². The van der Waals surface area contributed by atoms with Crippen molar-refractivity contribution in [3.05, 3.63) is 34.9 Å². The Bertz CT molecular complexity index is 355. The molecule has 88 valence electrons. The molecular formula is C13H18ClNO. The van der Waals surface area contributed by atoms with E-state index < -0.39 is 5.60 Å². The van der Waals surface area contributed by atoms with Crippen LogP contribution in [0.3, 0.4) is 0 Å². The minimum atomic E-state index is -0.467. The Hall–Kier alpha value is -0.570. The normalized spacial score (nSPS) is 20.9. The lowest BCUT2D eigenvalue weighted by Gasteiger charge is -2.35.